The number of aliphatic hydroxyl groups excluding tert-OH is 1. The predicted molar refractivity (Wildman–Crippen MR) is 58.4 cm³/mol. The molecule has 102 valence electrons. The standard InChI is InChI=1S/C10H10N2O7/c13-5-3-6(10(15)16)11(4-5)9(14)7-1-2-8(19-7)12(17)18/h1-2,5-6,13H,3-4H2,(H,15,16)/t5-,6+/m1/s1. The molecule has 1 aliphatic heterocycles. The highest BCUT2D eigenvalue weighted by molar-refractivity contribution is 5.95. The third-order valence-corrected chi connectivity index (χ3v) is 2.81. The number of aliphatic carboxylic acids is 1. The van der Waals surface area contributed by atoms with E-state index < -0.39 is 34.8 Å². The summed E-state index contributed by atoms with van der Waals surface area (Å²) in [5.74, 6) is -2.97. The van der Waals surface area contributed by atoms with Crippen LogP contribution in [0.2, 0.25) is 0 Å². The van der Waals surface area contributed by atoms with E-state index in [9.17, 15) is 24.8 Å². The van der Waals surface area contributed by atoms with Gasteiger partial charge in [-0.25, -0.2) is 4.79 Å². The van der Waals surface area contributed by atoms with Crippen molar-refractivity contribution >= 4 is 17.8 Å². The van der Waals surface area contributed by atoms with Gasteiger partial charge in [-0.3, -0.25) is 14.9 Å². The third kappa shape index (κ3) is 2.40. The van der Waals surface area contributed by atoms with Gasteiger partial charge in [-0.1, -0.05) is 0 Å². The molecule has 1 amide bonds. The molecule has 0 radical (unpaired) electrons. The molecule has 0 spiro atoms. The minimum Gasteiger partial charge on any atom is -0.480 e. The molecule has 0 bridgehead atoms. The van der Waals surface area contributed by atoms with Crippen LogP contribution in [0.1, 0.15) is 17.0 Å². The molecule has 2 atom stereocenters. The molecule has 1 fully saturated rings. The molecule has 1 aromatic heterocycles. The molecule has 0 aromatic carbocycles. The lowest BCUT2D eigenvalue weighted by atomic mass is 10.2. The molecule has 2 rings (SSSR count). The minimum atomic E-state index is -1.24. The number of nitro groups is 1. The van der Waals surface area contributed by atoms with E-state index in [1.54, 1.807) is 0 Å². The number of carboxylic acids is 1. The van der Waals surface area contributed by atoms with Gasteiger partial charge in [0.15, 0.2) is 5.76 Å². The summed E-state index contributed by atoms with van der Waals surface area (Å²) >= 11 is 0. The molecule has 9 nitrogen and oxygen atoms in total. The van der Waals surface area contributed by atoms with Gasteiger partial charge >= 0.3 is 11.9 Å². The number of amides is 1. The number of hydrogen-bond donors (Lipinski definition) is 2. The summed E-state index contributed by atoms with van der Waals surface area (Å²) in [6.45, 7) is -0.149. The van der Waals surface area contributed by atoms with Crippen LogP contribution in [0, 0.1) is 10.1 Å². The van der Waals surface area contributed by atoms with Crippen molar-refractivity contribution in [2.24, 2.45) is 0 Å². The smallest absolute Gasteiger partial charge is 0.433 e. The number of rotatable bonds is 3. The van der Waals surface area contributed by atoms with Crippen LogP contribution >= 0.6 is 0 Å². The summed E-state index contributed by atoms with van der Waals surface area (Å²) in [5.41, 5.74) is 0. The van der Waals surface area contributed by atoms with Gasteiger partial charge in [-0.2, -0.15) is 0 Å². The largest absolute Gasteiger partial charge is 0.480 e. The maximum absolute atomic E-state index is 12.0. The van der Waals surface area contributed by atoms with E-state index in [4.69, 9.17) is 9.52 Å². The first-order chi connectivity index (χ1) is 8.90. The first-order valence-electron chi connectivity index (χ1n) is 5.36. The predicted octanol–water partition coefficient (Wildman–Crippen LogP) is -0.152. The van der Waals surface area contributed by atoms with Gasteiger partial charge < -0.3 is 19.5 Å². The molecule has 9 heteroatoms. The SMILES string of the molecule is O=C(O)[C@@H]1C[C@@H](O)CN1C(=O)c1ccc([N+](=O)[O-])o1. The second kappa shape index (κ2) is 4.69. The lowest BCUT2D eigenvalue weighted by molar-refractivity contribution is -0.402. The van der Waals surface area contributed by atoms with E-state index >= 15 is 0 Å². The van der Waals surface area contributed by atoms with Crippen molar-refractivity contribution in [1.29, 1.82) is 0 Å². The zero-order valence-corrected chi connectivity index (χ0v) is 9.55. The fraction of sp³-hybridized carbons (Fsp3) is 0.400. The minimum absolute atomic E-state index is 0.0795. The van der Waals surface area contributed by atoms with Crippen LogP contribution in [-0.4, -0.2) is 50.6 Å². The topological polar surface area (TPSA) is 134 Å². The molecule has 2 heterocycles. The van der Waals surface area contributed by atoms with Crippen LogP contribution in [0.15, 0.2) is 16.5 Å². The van der Waals surface area contributed by atoms with Gasteiger partial charge in [0.1, 0.15) is 11.0 Å². The number of carboxylic acid groups (broad SMARTS) is 1. The maximum atomic E-state index is 12.0. The summed E-state index contributed by atoms with van der Waals surface area (Å²) in [6, 6.07) is 0.950. The van der Waals surface area contributed by atoms with Crippen molar-refractivity contribution in [3.8, 4) is 0 Å². The summed E-state index contributed by atoms with van der Waals surface area (Å²) < 4.78 is 4.72. The Labute approximate surface area is 106 Å². The number of carbonyl (C=O) groups is 2. The van der Waals surface area contributed by atoms with Crippen LogP contribution in [0.25, 0.3) is 0 Å². The Morgan fingerprint density at radius 3 is 2.68 bits per heavy atom. The van der Waals surface area contributed by atoms with Crippen molar-refractivity contribution in [3.05, 3.63) is 28.0 Å². The molecule has 1 aliphatic rings. The summed E-state index contributed by atoms with van der Waals surface area (Å²) in [7, 11) is 0. The van der Waals surface area contributed by atoms with Crippen LogP contribution in [0.5, 0.6) is 0 Å². The Hall–Kier alpha value is -2.42. The number of likely N-dealkylation sites (tertiary alicyclic amines) is 1. The first-order valence-corrected chi connectivity index (χ1v) is 5.36. The fourth-order valence-corrected chi connectivity index (χ4v) is 1.95. The Balaban J connectivity index is 2.22. The number of β-amino-alcohol motifs (C(OH)–C–C–N with tert-alkyl or cyclic N) is 1. The second-order valence-electron chi connectivity index (χ2n) is 4.10. The fourth-order valence-electron chi connectivity index (χ4n) is 1.95. The van der Waals surface area contributed by atoms with Crippen molar-refractivity contribution in [2.45, 2.75) is 18.6 Å². The Kier molecular flexibility index (Phi) is 3.21. The Morgan fingerprint density at radius 1 is 1.47 bits per heavy atom. The highest BCUT2D eigenvalue weighted by Crippen LogP contribution is 2.23. The molecule has 1 saturated heterocycles. The van der Waals surface area contributed by atoms with Crippen molar-refractivity contribution in [1.82, 2.24) is 4.90 Å². The van der Waals surface area contributed by atoms with E-state index in [0.717, 1.165) is 17.0 Å². The highest BCUT2D eigenvalue weighted by atomic mass is 16.6. The average molecular weight is 270 g/mol. The number of aliphatic hydroxyl groups is 1. The normalized spacial score (nSPS) is 22.5. The zero-order valence-electron chi connectivity index (χ0n) is 9.55. The number of hydrogen-bond acceptors (Lipinski definition) is 6. The second-order valence-corrected chi connectivity index (χ2v) is 4.10. The van der Waals surface area contributed by atoms with Crippen molar-refractivity contribution < 1.29 is 29.1 Å². The van der Waals surface area contributed by atoms with Gasteiger partial charge in [-0.15, -0.1) is 0 Å². The summed E-state index contributed by atoms with van der Waals surface area (Å²) in [4.78, 5) is 33.5. The Morgan fingerprint density at radius 2 is 2.16 bits per heavy atom. The van der Waals surface area contributed by atoms with Gasteiger partial charge in [0, 0.05) is 13.0 Å². The van der Waals surface area contributed by atoms with Crippen molar-refractivity contribution in [3.63, 3.8) is 0 Å². The van der Waals surface area contributed by atoms with E-state index in [1.807, 2.05) is 0 Å². The van der Waals surface area contributed by atoms with Gasteiger partial charge in [-0.05, 0) is 6.07 Å². The maximum Gasteiger partial charge on any atom is 0.433 e. The molecule has 2 N–H and O–H groups in total. The molecule has 0 saturated carbocycles. The van der Waals surface area contributed by atoms with Gasteiger partial charge in [0.25, 0.3) is 5.91 Å². The van der Waals surface area contributed by atoms with Crippen LogP contribution < -0.4 is 0 Å². The summed E-state index contributed by atoms with van der Waals surface area (Å²) in [5, 5.41) is 28.8. The molecule has 19 heavy (non-hydrogen) atoms. The van der Waals surface area contributed by atoms with Crippen molar-refractivity contribution in [2.75, 3.05) is 6.54 Å². The van der Waals surface area contributed by atoms with Crippen LogP contribution in [-0.2, 0) is 4.79 Å². The lowest BCUT2D eigenvalue weighted by Gasteiger charge is -2.19. The highest BCUT2D eigenvalue weighted by Gasteiger charge is 2.40. The molecular weight excluding hydrogens is 260 g/mol. The monoisotopic (exact) mass is 270 g/mol. The number of nitrogens with zero attached hydrogens (tertiary/aromatic N) is 2. The van der Waals surface area contributed by atoms with Gasteiger partial charge in [0.05, 0.1) is 12.2 Å². The van der Waals surface area contributed by atoms with Crippen LogP contribution in [0.3, 0.4) is 0 Å². The van der Waals surface area contributed by atoms with E-state index in [-0.39, 0.29) is 18.7 Å². The Bertz CT molecular complexity index is 538. The van der Waals surface area contributed by atoms with E-state index in [0.29, 0.717) is 0 Å². The molecule has 1 aromatic rings. The van der Waals surface area contributed by atoms with Crippen LogP contribution in [0.4, 0.5) is 5.88 Å². The molecular formula is C10H10N2O7. The zero-order chi connectivity index (χ0) is 14.2. The van der Waals surface area contributed by atoms with E-state index in [1.165, 1.54) is 0 Å². The van der Waals surface area contributed by atoms with Gasteiger partial charge in [0.2, 0.25) is 0 Å². The third-order valence-electron chi connectivity index (χ3n) is 2.81. The number of carbonyl (C=O) groups excluding carboxylic acids is 1. The lowest BCUT2D eigenvalue weighted by Crippen LogP contribution is -2.40. The quantitative estimate of drug-likeness (QED) is 0.575. The summed E-state index contributed by atoms with van der Waals surface area (Å²) in [6.07, 6.45) is -1.01. The number of furan rings is 1. The van der Waals surface area contributed by atoms with E-state index in [2.05, 4.69) is 0 Å². The molecule has 0 aliphatic carbocycles. The average Bonchev–Trinajstić information content (AvgIpc) is 2.94. The first kappa shape index (κ1) is 13.0. The molecule has 0 unspecified atom stereocenters.